The van der Waals surface area contributed by atoms with Crippen LogP contribution < -0.4 is 4.90 Å². The fraction of sp³-hybridized carbons (Fsp3) is 0.440. The zero-order valence-electron chi connectivity index (χ0n) is 18.1. The minimum Gasteiger partial charge on any atom is -0.274 e. The van der Waals surface area contributed by atoms with Gasteiger partial charge in [-0.1, -0.05) is 50.6 Å². The molecule has 0 N–H and O–H groups in total. The summed E-state index contributed by atoms with van der Waals surface area (Å²) < 4.78 is 0. The largest absolute Gasteiger partial charge is 0.274 e. The number of fused-ring (bicyclic) bond motifs is 1. The summed E-state index contributed by atoms with van der Waals surface area (Å²) >= 11 is 1.26. The van der Waals surface area contributed by atoms with Gasteiger partial charge in [0.1, 0.15) is 11.1 Å². The van der Waals surface area contributed by atoms with Crippen LogP contribution in [0.1, 0.15) is 74.3 Å². The normalized spacial score (nSPS) is 19.2. The lowest BCUT2D eigenvalue weighted by molar-refractivity contribution is -0.121. The molecule has 0 radical (unpaired) electrons. The number of thioether (sulfide) groups is 1. The first-order valence-electron chi connectivity index (χ1n) is 11.0. The number of nitrogens with zero attached hydrogens (tertiary/aromatic N) is 3. The number of hydrogen-bond acceptors (Lipinski definition) is 5. The van der Waals surface area contributed by atoms with Crippen molar-refractivity contribution in [2.45, 2.75) is 75.0 Å². The number of pyridine rings is 1. The van der Waals surface area contributed by atoms with E-state index in [9.17, 15) is 14.9 Å². The van der Waals surface area contributed by atoms with Crippen LogP contribution in [0.5, 0.6) is 0 Å². The molecular weight excluding hydrogens is 406 g/mol. The number of aromatic nitrogens is 1. The molecule has 4 rings (SSSR count). The Labute approximate surface area is 187 Å². The minimum absolute atomic E-state index is 0.124. The number of anilines is 1. The summed E-state index contributed by atoms with van der Waals surface area (Å²) in [6.45, 7) is 4.21. The summed E-state index contributed by atoms with van der Waals surface area (Å²) in [5.74, 6) is -0.0513. The number of carbonyl (C=O) groups excluding carboxylic acids is 2. The Morgan fingerprint density at radius 3 is 2.48 bits per heavy atom. The summed E-state index contributed by atoms with van der Waals surface area (Å²) in [6.07, 6.45) is 6.60. The van der Waals surface area contributed by atoms with Gasteiger partial charge >= 0.3 is 0 Å². The highest BCUT2D eigenvalue weighted by atomic mass is 32.2. The van der Waals surface area contributed by atoms with Crippen LogP contribution >= 0.6 is 11.8 Å². The van der Waals surface area contributed by atoms with Crippen molar-refractivity contribution in [1.82, 2.24) is 4.98 Å². The molecule has 0 saturated carbocycles. The number of benzene rings is 1. The Bertz CT molecular complexity index is 1040. The fourth-order valence-electron chi connectivity index (χ4n) is 4.25. The molecule has 2 aliphatic rings. The molecule has 1 saturated heterocycles. The minimum atomic E-state index is -0.552. The average molecular weight is 434 g/mol. The second-order valence-corrected chi connectivity index (χ2v) is 9.79. The van der Waals surface area contributed by atoms with Gasteiger partial charge in [0, 0.05) is 12.1 Å². The number of imide groups is 1. The average Bonchev–Trinajstić information content (AvgIpc) is 3.02. The number of carbonyl (C=O) groups is 2. The molecule has 2 aromatic rings. The van der Waals surface area contributed by atoms with E-state index in [-0.39, 0.29) is 18.2 Å². The van der Waals surface area contributed by atoms with Crippen molar-refractivity contribution < 1.29 is 9.59 Å². The van der Waals surface area contributed by atoms with Crippen molar-refractivity contribution in [3.8, 4) is 6.07 Å². The first-order valence-corrected chi connectivity index (χ1v) is 11.9. The molecule has 160 valence electrons. The van der Waals surface area contributed by atoms with Crippen molar-refractivity contribution in [2.75, 3.05) is 4.90 Å². The number of rotatable bonds is 4. The monoisotopic (exact) mass is 433 g/mol. The van der Waals surface area contributed by atoms with E-state index in [0.29, 0.717) is 22.2 Å². The molecule has 2 heterocycles. The molecule has 0 bridgehead atoms. The summed E-state index contributed by atoms with van der Waals surface area (Å²) in [5.41, 5.74) is 4.47. The zero-order chi connectivity index (χ0) is 22.0. The predicted molar refractivity (Wildman–Crippen MR) is 122 cm³/mol. The first kappa shape index (κ1) is 21.6. The third kappa shape index (κ3) is 4.52. The van der Waals surface area contributed by atoms with E-state index in [0.717, 1.165) is 42.5 Å². The van der Waals surface area contributed by atoms with E-state index < -0.39 is 5.25 Å². The highest BCUT2D eigenvalue weighted by Crippen LogP contribution is 2.36. The molecule has 0 spiro atoms. The van der Waals surface area contributed by atoms with Crippen molar-refractivity contribution in [2.24, 2.45) is 0 Å². The standard InChI is InChI=1S/C25H27N3O2S/c1-16(2)17-9-11-20(12-10-17)28-23(29)14-22(25(28)30)31-24-19(15-26)13-18-7-5-3-4-6-8-21(18)27-24/h9-13,16,22H,3-8,14H2,1-2H3. The Kier molecular flexibility index (Phi) is 6.43. The molecule has 2 amide bonds. The quantitative estimate of drug-likeness (QED) is 0.623. The molecule has 1 unspecified atom stereocenters. The van der Waals surface area contributed by atoms with E-state index in [2.05, 4.69) is 19.9 Å². The topological polar surface area (TPSA) is 74.1 Å². The van der Waals surface area contributed by atoms with E-state index in [1.807, 2.05) is 30.3 Å². The molecule has 1 atom stereocenters. The van der Waals surface area contributed by atoms with Crippen LogP contribution in [0, 0.1) is 11.3 Å². The lowest BCUT2D eigenvalue weighted by Crippen LogP contribution is -2.31. The summed E-state index contributed by atoms with van der Waals surface area (Å²) in [4.78, 5) is 31.9. The van der Waals surface area contributed by atoms with Gasteiger partial charge in [-0.3, -0.25) is 9.59 Å². The Hall–Kier alpha value is -2.65. The van der Waals surface area contributed by atoms with Crippen LogP contribution in [0.4, 0.5) is 5.69 Å². The lowest BCUT2D eigenvalue weighted by Gasteiger charge is -2.17. The van der Waals surface area contributed by atoms with E-state index in [1.165, 1.54) is 29.5 Å². The van der Waals surface area contributed by atoms with Crippen molar-refractivity contribution >= 4 is 29.3 Å². The summed E-state index contributed by atoms with van der Waals surface area (Å²) in [5, 5.41) is 9.69. The van der Waals surface area contributed by atoms with Crippen molar-refractivity contribution in [1.29, 1.82) is 5.26 Å². The molecule has 1 aromatic carbocycles. The maximum atomic E-state index is 13.1. The number of nitriles is 1. The smallest absolute Gasteiger partial charge is 0.247 e. The number of aryl methyl sites for hydroxylation is 2. The molecule has 1 aliphatic heterocycles. The van der Waals surface area contributed by atoms with Crippen LogP contribution in [-0.2, 0) is 22.4 Å². The second-order valence-electron chi connectivity index (χ2n) is 8.60. The maximum absolute atomic E-state index is 13.1. The molecular formula is C25H27N3O2S. The molecule has 5 nitrogen and oxygen atoms in total. The van der Waals surface area contributed by atoms with Crippen LogP contribution in [0.3, 0.4) is 0 Å². The fourth-order valence-corrected chi connectivity index (χ4v) is 5.34. The van der Waals surface area contributed by atoms with Crippen molar-refractivity contribution in [3.63, 3.8) is 0 Å². The predicted octanol–water partition coefficient (Wildman–Crippen LogP) is 5.16. The van der Waals surface area contributed by atoms with Gasteiger partial charge in [-0.2, -0.15) is 5.26 Å². The maximum Gasteiger partial charge on any atom is 0.247 e. The Morgan fingerprint density at radius 1 is 1.10 bits per heavy atom. The third-order valence-electron chi connectivity index (χ3n) is 6.06. The van der Waals surface area contributed by atoms with Crippen LogP contribution in [0.2, 0.25) is 0 Å². The van der Waals surface area contributed by atoms with Gasteiger partial charge in [0.05, 0.1) is 16.5 Å². The molecule has 6 heteroatoms. The highest BCUT2D eigenvalue weighted by Gasteiger charge is 2.40. The molecule has 1 aliphatic carbocycles. The number of amides is 2. The third-order valence-corrected chi connectivity index (χ3v) is 7.25. The number of hydrogen-bond donors (Lipinski definition) is 0. The van der Waals surface area contributed by atoms with Gasteiger partial charge < -0.3 is 0 Å². The Morgan fingerprint density at radius 2 is 1.81 bits per heavy atom. The highest BCUT2D eigenvalue weighted by molar-refractivity contribution is 8.00. The zero-order valence-corrected chi connectivity index (χ0v) is 18.9. The van der Waals surface area contributed by atoms with Gasteiger partial charge in [-0.05, 0) is 60.9 Å². The second kappa shape index (κ2) is 9.23. The Balaban J connectivity index is 1.57. The first-order chi connectivity index (χ1) is 15.0. The van der Waals surface area contributed by atoms with E-state index >= 15 is 0 Å². The molecule has 1 fully saturated rings. The summed E-state index contributed by atoms with van der Waals surface area (Å²) in [7, 11) is 0. The van der Waals surface area contributed by atoms with E-state index in [1.54, 1.807) is 0 Å². The van der Waals surface area contributed by atoms with Gasteiger partial charge in [-0.25, -0.2) is 9.88 Å². The van der Waals surface area contributed by atoms with Gasteiger partial charge in [0.25, 0.3) is 0 Å². The van der Waals surface area contributed by atoms with Gasteiger partial charge in [0.2, 0.25) is 11.8 Å². The SMILES string of the molecule is CC(C)c1ccc(N2C(=O)CC(Sc3nc4c(cc3C#N)CCCCCC4)C2=O)cc1. The van der Waals surface area contributed by atoms with Gasteiger partial charge in [-0.15, -0.1) is 0 Å². The van der Waals surface area contributed by atoms with E-state index in [4.69, 9.17) is 4.98 Å². The van der Waals surface area contributed by atoms with Crippen LogP contribution in [0.25, 0.3) is 0 Å². The van der Waals surface area contributed by atoms with Crippen molar-refractivity contribution in [3.05, 3.63) is 52.7 Å². The lowest BCUT2D eigenvalue weighted by atomic mass is 9.96. The van der Waals surface area contributed by atoms with Gasteiger partial charge in [0.15, 0.2) is 0 Å². The van der Waals surface area contributed by atoms with Crippen LogP contribution in [-0.4, -0.2) is 22.0 Å². The summed E-state index contributed by atoms with van der Waals surface area (Å²) in [6, 6.07) is 11.8. The van der Waals surface area contributed by atoms with Crippen LogP contribution in [0.15, 0.2) is 35.4 Å². The molecule has 31 heavy (non-hydrogen) atoms. The molecule has 1 aromatic heterocycles.